The minimum absolute atomic E-state index is 0.00550. The standard InChI is InChI=1S/C45H67F5N20O11/c46-36-37(47)39(49)41(40(50)38(36)48)81-35(72)15-22-77-24-26-79-28-29-80-27-25-78-23-21-56-42(73)30(10-1-5-16-57-66-51)63-44(75)32(12-3-7-18-59-68-53)65-45(76)33(13-4-8-19-60-69-54)64-43(74)31(11-2-6-17-58-67-52)62-34(71)14-9-20-61-70-55/h30-33H,1-29H2,(H,56,73)(H,62,71)(H,63,75)(H,64,74)(H,65,76)/t30-,31-,32-,33-/m0/s1. The minimum atomic E-state index is -2.40. The molecule has 81 heavy (non-hydrogen) atoms. The fourth-order valence-corrected chi connectivity index (χ4v) is 6.94. The summed E-state index contributed by atoms with van der Waals surface area (Å²) in [5.41, 5.74) is 43.5. The van der Waals surface area contributed by atoms with Crippen molar-refractivity contribution in [1.82, 2.24) is 26.6 Å². The van der Waals surface area contributed by atoms with E-state index in [-0.39, 0.29) is 143 Å². The average Bonchev–Trinajstić information content (AvgIpc) is 3.54. The normalized spacial score (nSPS) is 12.0. The van der Waals surface area contributed by atoms with E-state index in [9.17, 15) is 50.7 Å². The number of hydrogen-bond donors (Lipinski definition) is 5. The number of nitrogens with zero attached hydrogens (tertiary/aromatic N) is 15. The van der Waals surface area contributed by atoms with E-state index in [2.05, 4.69) is 81.5 Å². The van der Waals surface area contributed by atoms with Gasteiger partial charge in [-0.3, -0.25) is 28.8 Å². The van der Waals surface area contributed by atoms with Gasteiger partial charge in [0.15, 0.2) is 0 Å². The summed E-state index contributed by atoms with van der Waals surface area (Å²) in [4.78, 5) is 93.8. The quantitative estimate of drug-likeness (QED) is 0.00519. The molecule has 448 valence electrons. The Bertz CT molecular complexity index is 2360. The predicted octanol–water partition coefficient (Wildman–Crippen LogP) is 6.81. The fourth-order valence-electron chi connectivity index (χ4n) is 6.94. The third-order valence-corrected chi connectivity index (χ3v) is 11.0. The zero-order valence-corrected chi connectivity index (χ0v) is 44.4. The van der Waals surface area contributed by atoms with Crippen LogP contribution in [0.3, 0.4) is 0 Å². The summed E-state index contributed by atoms with van der Waals surface area (Å²) in [6.45, 7) is 0.589. The predicted molar refractivity (Wildman–Crippen MR) is 275 cm³/mol. The van der Waals surface area contributed by atoms with Crippen LogP contribution in [0.5, 0.6) is 5.75 Å². The molecule has 0 saturated heterocycles. The van der Waals surface area contributed by atoms with Crippen LogP contribution in [0.25, 0.3) is 52.2 Å². The van der Waals surface area contributed by atoms with Gasteiger partial charge in [0.25, 0.3) is 0 Å². The van der Waals surface area contributed by atoms with E-state index >= 15 is 0 Å². The molecule has 0 bridgehead atoms. The van der Waals surface area contributed by atoms with Crippen LogP contribution in [-0.2, 0) is 47.7 Å². The van der Waals surface area contributed by atoms with Crippen LogP contribution in [-0.4, -0.2) is 152 Å². The van der Waals surface area contributed by atoms with Gasteiger partial charge in [-0.25, -0.2) is 13.2 Å². The van der Waals surface area contributed by atoms with Crippen LogP contribution in [0.15, 0.2) is 25.6 Å². The molecule has 0 aliphatic carbocycles. The third kappa shape index (κ3) is 32.7. The van der Waals surface area contributed by atoms with Crippen LogP contribution < -0.4 is 31.3 Å². The molecule has 1 aromatic carbocycles. The summed E-state index contributed by atoms with van der Waals surface area (Å²) in [5, 5.41) is 30.7. The highest BCUT2D eigenvalue weighted by molar-refractivity contribution is 5.95. The summed E-state index contributed by atoms with van der Waals surface area (Å²) < 4.78 is 93.0. The lowest BCUT2D eigenvalue weighted by Gasteiger charge is -2.27. The molecule has 0 aromatic heterocycles. The molecule has 0 spiro atoms. The highest BCUT2D eigenvalue weighted by Crippen LogP contribution is 2.29. The van der Waals surface area contributed by atoms with Gasteiger partial charge in [0.1, 0.15) is 24.2 Å². The Morgan fingerprint density at radius 2 is 0.716 bits per heavy atom. The van der Waals surface area contributed by atoms with Crippen molar-refractivity contribution in [3.05, 3.63) is 81.3 Å². The highest BCUT2D eigenvalue weighted by atomic mass is 19.2. The largest absolute Gasteiger partial charge is 0.420 e. The maximum absolute atomic E-state index is 14.1. The maximum atomic E-state index is 14.1. The van der Waals surface area contributed by atoms with E-state index in [1.165, 1.54) is 0 Å². The van der Waals surface area contributed by atoms with Crippen LogP contribution in [0.2, 0.25) is 0 Å². The van der Waals surface area contributed by atoms with Gasteiger partial charge in [0.2, 0.25) is 64.4 Å². The van der Waals surface area contributed by atoms with Crippen molar-refractivity contribution in [3.8, 4) is 5.75 Å². The smallest absolute Gasteiger partial charge is 0.313 e. The van der Waals surface area contributed by atoms with Crippen molar-refractivity contribution in [1.29, 1.82) is 0 Å². The van der Waals surface area contributed by atoms with Crippen molar-refractivity contribution in [2.24, 2.45) is 25.6 Å². The Kier molecular flexibility index (Phi) is 40.3. The Hall–Kier alpha value is -7.92. The number of esters is 1. The number of benzene rings is 1. The lowest BCUT2D eigenvalue weighted by atomic mass is 10.0. The number of halogens is 5. The van der Waals surface area contributed by atoms with Gasteiger partial charge in [-0.05, 0) is 85.4 Å². The first-order valence-electron chi connectivity index (χ1n) is 25.7. The monoisotopic (exact) mass is 1160 g/mol. The molecule has 1 rings (SSSR count). The zero-order chi connectivity index (χ0) is 59.9. The molecule has 4 atom stereocenters. The molecule has 1 aromatic rings. The lowest BCUT2D eigenvalue weighted by Crippen LogP contribution is -2.58. The molecule has 0 aliphatic rings. The van der Waals surface area contributed by atoms with Crippen LogP contribution >= 0.6 is 0 Å². The molecule has 5 N–H and O–H groups in total. The first kappa shape index (κ1) is 71.1. The molecule has 31 nitrogen and oxygen atoms in total. The van der Waals surface area contributed by atoms with Crippen LogP contribution in [0.4, 0.5) is 22.0 Å². The molecular weight excluding hydrogens is 1090 g/mol. The van der Waals surface area contributed by atoms with E-state index in [1.807, 2.05) is 0 Å². The third-order valence-electron chi connectivity index (χ3n) is 11.0. The number of hydrogen-bond acceptors (Lipinski definition) is 16. The van der Waals surface area contributed by atoms with Crippen molar-refractivity contribution in [2.45, 2.75) is 120 Å². The van der Waals surface area contributed by atoms with E-state index in [0.29, 0.717) is 38.5 Å². The SMILES string of the molecule is [N-]=[N+]=NCCCC[C@H](NC(=O)CCCN=[N+]=[N-])C(=O)N[C@@H](CCCCN=[N+]=[N-])C(=O)N[C@@H](CCCCN=[N+]=[N-])C(=O)N[C@@H](CCCCN=[N+]=[N-])C(=O)NCCOCCOCCOCCOCCC(=O)Oc1c(F)c(F)c(F)c(F)c1F. The lowest BCUT2D eigenvalue weighted by molar-refractivity contribution is -0.136. The van der Waals surface area contributed by atoms with E-state index in [0.717, 1.165) is 0 Å². The summed E-state index contributed by atoms with van der Waals surface area (Å²) in [7, 11) is 0. The number of rotatable bonds is 48. The molecule has 0 unspecified atom stereocenters. The fraction of sp³-hybridized carbons (Fsp3) is 0.733. The number of carbonyl (C=O) groups excluding carboxylic acids is 6. The maximum Gasteiger partial charge on any atom is 0.313 e. The molecule has 0 radical (unpaired) electrons. The Morgan fingerprint density at radius 3 is 1.10 bits per heavy atom. The summed E-state index contributed by atoms with van der Waals surface area (Å²) in [5.74, 6) is -18.0. The molecule has 5 amide bonds. The van der Waals surface area contributed by atoms with Gasteiger partial charge < -0.3 is 50.3 Å². The van der Waals surface area contributed by atoms with Gasteiger partial charge in [-0.15, -0.1) is 0 Å². The molecule has 0 aliphatic heterocycles. The van der Waals surface area contributed by atoms with Crippen molar-refractivity contribution in [2.75, 3.05) is 92.1 Å². The molecule has 36 heteroatoms. The average molecular weight is 1160 g/mol. The summed E-state index contributed by atoms with van der Waals surface area (Å²) in [6, 6.07) is -4.92. The highest BCUT2D eigenvalue weighted by Gasteiger charge is 2.32. The van der Waals surface area contributed by atoms with E-state index in [4.69, 9.17) is 46.6 Å². The van der Waals surface area contributed by atoms with E-state index in [1.54, 1.807) is 0 Å². The first-order chi connectivity index (χ1) is 39.2. The van der Waals surface area contributed by atoms with Gasteiger partial charge >= 0.3 is 5.97 Å². The number of amides is 5. The Morgan fingerprint density at radius 1 is 0.395 bits per heavy atom. The summed E-state index contributed by atoms with van der Waals surface area (Å²) >= 11 is 0. The number of nitrogens with one attached hydrogen (secondary N) is 5. The molecule has 0 saturated carbocycles. The van der Waals surface area contributed by atoms with Gasteiger partial charge in [0, 0.05) is 70.2 Å². The molecule has 0 fully saturated rings. The van der Waals surface area contributed by atoms with Gasteiger partial charge in [-0.2, -0.15) is 8.78 Å². The second-order valence-corrected chi connectivity index (χ2v) is 17.0. The second kappa shape index (κ2) is 45.9. The summed E-state index contributed by atoms with van der Waals surface area (Å²) in [6.07, 6.45) is 2.21. The van der Waals surface area contributed by atoms with Crippen molar-refractivity contribution < 1.29 is 74.4 Å². The second-order valence-electron chi connectivity index (χ2n) is 17.0. The Balaban J connectivity index is 2.91. The topological polar surface area (TPSA) is 453 Å². The van der Waals surface area contributed by atoms with Crippen LogP contribution in [0, 0.1) is 29.1 Å². The van der Waals surface area contributed by atoms with Crippen molar-refractivity contribution in [3.63, 3.8) is 0 Å². The number of unbranched alkanes of at least 4 members (excludes halogenated alkanes) is 4. The molecular formula is C45H67F5N20O11. The van der Waals surface area contributed by atoms with Crippen LogP contribution in [0.1, 0.15) is 96.3 Å². The zero-order valence-electron chi connectivity index (χ0n) is 44.4. The van der Waals surface area contributed by atoms with Gasteiger partial charge in [-0.1, -0.05) is 51.3 Å². The number of azide groups is 5. The molecule has 0 heterocycles. The van der Waals surface area contributed by atoms with Gasteiger partial charge in [0.05, 0.1) is 59.3 Å². The first-order valence-corrected chi connectivity index (χ1v) is 25.7. The van der Waals surface area contributed by atoms with Crippen molar-refractivity contribution >= 4 is 35.5 Å². The number of ether oxygens (including phenoxy) is 5. The number of carbonyl (C=O) groups is 6. The Labute approximate surface area is 460 Å². The van der Waals surface area contributed by atoms with E-state index < -0.39 is 101 Å². The minimum Gasteiger partial charge on any atom is -0.420 e.